The normalized spacial score (nSPS) is 18.9. The maximum atomic E-state index is 11.9. The first-order valence-corrected chi connectivity index (χ1v) is 9.76. The zero-order valence-electron chi connectivity index (χ0n) is 15.1. The van der Waals surface area contributed by atoms with E-state index in [1.165, 1.54) is 0 Å². The Kier molecular flexibility index (Phi) is 8.58. The number of thioether (sulfide) groups is 1. The smallest absolute Gasteiger partial charge is 0.407 e. The van der Waals surface area contributed by atoms with E-state index in [1.54, 1.807) is 0 Å². The van der Waals surface area contributed by atoms with E-state index in [0.717, 1.165) is 50.7 Å². The van der Waals surface area contributed by atoms with E-state index in [1.807, 2.05) is 32.5 Å². The van der Waals surface area contributed by atoms with Gasteiger partial charge in [0.1, 0.15) is 5.60 Å². The van der Waals surface area contributed by atoms with Crippen molar-refractivity contribution in [2.75, 3.05) is 38.2 Å². The Balaban J connectivity index is 2.47. The van der Waals surface area contributed by atoms with Crippen LogP contribution in [-0.2, 0) is 4.74 Å². The van der Waals surface area contributed by atoms with Crippen molar-refractivity contribution in [1.29, 1.82) is 0 Å². The van der Waals surface area contributed by atoms with Gasteiger partial charge in [0, 0.05) is 26.2 Å². The van der Waals surface area contributed by atoms with Crippen LogP contribution in [0.15, 0.2) is 4.99 Å². The SMILES string of the molecule is CCNC(=NCCCSC)N1CCC(NC(=O)OC(C)(C)C)C1. The molecule has 0 spiro atoms. The lowest BCUT2D eigenvalue weighted by Gasteiger charge is -2.23. The minimum absolute atomic E-state index is 0.111. The van der Waals surface area contributed by atoms with Gasteiger partial charge in [0.2, 0.25) is 0 Å². The highest BCUT2D eigenvalue weighted by molar-refractivity contribution is 7.98. The fourth-order valence-electron chi connectivity index (χ4n) is 2.36. The van der Waals surface area contributed by atoms with Gasteiger partial charge >= 0.3 is 6.09 Å². The molecule has 0 radical (unpaired) electrons. The van der Waals surface area contributed by atoms with Crippen LogP contribution in [0.5, 0.6) is 0 Å². The molecular weight excluding hydrogens is 312 g/mol. The van der Waals surface area contributed by atoms with Crippen molar-refractivity contribution in [3.05, 3.63) is 0 Å². The van der Waals surface area contributed by atoms with Crippen LogP contribution in [0.2, 0.25) is 0 Å². The van der Waals surface area contributed by atoms with Crippen LogP contribution in [0.3, 0.4) is 0 Å². The number of rotatable bonds is 6. The molecule has 1 unspecified atom stereocenters. The molecule has 1 aliphatic heterocycles. The van der Waals surface area contributed by atoms with Gasteiger partial charge in [-0.2, -0.15) is 11.8 Å². The van der Waals surface area contributed by atoms with E-state index in [9.17, 15) is 4.79 Å². The van der Waals surface area contributed by atoms with Crippen LogP contribution in [0.4, 0.5) is 4.79 Å². The molecule has 6 nitrogen and oxygen atoms in total. The monoisotopic (exact) mass is 344 g/mol. The van der Waals surface area contributed by atoms with E-state index in [2.05, 4.69) is 33.7 Å². The third-order valence-electron chi connectivity index (χ3n) is 3.31. The maximum absolute atomic E-state index is 11.9. The molecule has 7 heteroatoms. The van der Waals surface area contributed by atoms with Gasteiger partial charge in [-0.05, 0) is 52.5 Å². The molecule has 1 heterocycles. The van der Waals surface area contributed by atoms with E-state index in [0.29, 0.717) is 0 Å². The lowest BCUT2D eigenvalue weighted by molar-refractivity contribution is 0.0507. The molecule has 134 valence electrons. The largest absolute Gasteiger partial charge is 0.444 e. The number of aliphatic imine (C=N–C) groups is 1. The summed E-state index contributed by atoms with van der Waals surface area (Å²) in [5, 5.41) is 6.29. The van der Waals surface area contributed by atoms with Gasteiger partial charge in [-0.25, -0.2) is 4.79 Å². The predicted octanol–water partition coefficient (Wildman–Crippen LogP) is 2.30. The molecule has 0 bridgehead atoms. The van der Waals surface area contributed by atoms with Crippen LogP contribution in [-0.4, -0.2) is 66.8 Å². The Hall–Kier alpha value is -1.11. The summed E-state index contributed by atoms with van der Waals surface area (Å²) in [6.45, 7) is 11.0. The molecule has 0 saturated carbocycles. The molecule has 23 heavy (non-hydrogen) atoms. The van der Waals surface area contributed by atoms with Crippen LogP contribution in [0.25, 0.3) is 0 Å². The molecule has 1 amide bonds. The molecule has 0 aromatic heterocycles. The molecule has 1 rings (SSSR count). The minimum atomic E-state index is -0.462. The second kappa shape index (κ2) is 9.90. The minimum Gasteiger partial charge on any atom is -0.444 e. The van der Waals surface area contributed by atoms with Crippen LogP contribution in [0, 0.1) is 0 Å². The highest BCUT2D eigenvalue weighted by Crippen LogP contribution is 2.12. The topological polar surface area (TPSA) is 66.0 Å². The fraction of sp³-hybridized carbons (Fsp3) is 0.875. The summed E-state index contributed by atoms with van der Waals surface area (Å²) in [7, 11) is 0. The van der Waals surface area contributed by atoms with E-state index < -0.39 is 5.60 Å². The summed E-state index contributed by atoms with van der Waals surface area (Å²) in [6, 6.07) is 0.111. The van der Waals surface area contributed by atoms with Crippen LogP contribution in [0.1, 0.15) is 40.5 Å². The highest BCUT2D eigenvalue weighted by Gasteiger charge is 2.27. The average Bonchev–Trinajstić information content (AvgIpc) is 2.88. The van der Waals surface area contributed by atoms with E-state index >= 15 is 0 Å². The third kappa shape index (κ3) is 8.34. The van der Waals surface area contributed by atoms with Gasteiger partial charge in [-0.3, -0.25) is 4.99 Å². The molecule has 1 saturated heterocycles. The summed E-state index contributed by atoms with van der Waals surface area (Å²) in [5.74, 6) is 2.08. The van der Waals surface area contributed by atoms with Gasteiger partial charge in [0.15, 0.2) is 5.96 Å². The Morgan fingerprint density at radius 1 is 1.43 bits per heavy atom. The number of amides is 1. The van der Waals surface area contributed by atoms with Gasteiger partial charge in [-0.15, -0.1) is 0 Å². The van der Waals surface area contributed by atoms with Gasteiger partial charge in [-0.1, -0.05) is 0 Å². The first-order valence-electron chi connectivity index (χ1n) is 8.37. The zero-order chi connectivity index (χ0) is 17.3. The van der Waals surface area contributed by atoms with E-state index in [-0.39, 0.29) is 12.1 Å². The second-order valence-electron chi connectivity index (χ2n) is 6.66. The van der Waals surface area contributed by atoms with Crippen molar-refractivity contribution in [2.45, 2.75) is 52.2 Å². The average molecular weight is 345 g/mol. The van der Waals surface area contributed by atoms with Crippen molar-refractivity contribution in [2.24, 2.45) is 4.99 Å². The second-order valence-corrected chi connectivity index (χ2v) is 7.65. The van der Waals surface area contributed by atoms with Crippen molar-refractivity contribution < 1.29 is 9.53 Å². The first kappa shape index (κ1) is 19.9. The lowest BCUT2D eigenvalue weighted by atomic mass is 10.2. The van der Waals surface area contributed by atoms with Crippen molar-refractivity contribution in [1.82, 2.24) is 15.5 Å². The van der Waals surface area contributed by atoms with Crippen molar-refractivity contribution in [3.63, 3.8) is 0 Å². The van der Waals surface area contributed by atoms with Gasteiger partial charge in [0.25, 0.3) is 0 Å². The summed E-state index contributed by atoms with van der Waals surface area (Å²) in [5.41, 5.74) is -0.462. The van der Waals surface area contributed by atoms with Crippen LogP contribution >= 0.6 is 11.8 Å². The Bertz CT molecular complexity index is 396. The number of carbonyl (C=O) groups excluding carboxylic acids is 1. The van der Waals surface area contributed by atoms with Gasteiger partial charge < -0.3 is 20.3 Å². The zero-order valence-corrected chi connectivity index (χ0v) is 16.0. The number of carbonyl (C=O) groups is 1. The summed E-state index contributed by atoms with van der Waals surface area (Å²) >= 11 is 1.85. The Morgan fingerprint density at radius 2 is 2.17 bits per heavy atom. The van der Waals surface area contributed by atoms with E-state index in [4.69, 9.17) is 4.74 Å². The Morgan fingerprint density at radius 3 is 2.78 bits per heavy atom. The summed E-state index contributed by atoms with van der Waals surface area (Å²) in [6.07, 6.45) is 3.77. The molecule has 0 aliphatic carbocycles. The molecule has 2 N–H and O–H groups in total. The van der Waals surface area contributed by atoms with Crippen LogP contribution < -0.4 is 10.6 Å². The third-order valence-corrected chi connectivity index (χ3v) is 4.01. The number of likely N-dealkylation sites (tertiary alicyclic amines) is 1. The Labute approximate surface area is 144 Å². The van der Waals surface area contributed by atoms with Crippen molar-refractivity contribution in [3.8, 4) is 0 Å². The molecule has 1 aliphatic rings. The number of alkyl carbamates (subject to hydrolysis) is 1. The number of nitrogens with zero attached hydrogens (tertiary/aromatic N) is 2. The maximum Gasteiger partial charge on any atom is 0.407 e. The molecule has 1 atom stereocenters. The quantitative estimate of drug-likeness (QED) is 0.440. The number of hydrogen-bond acceptors (Lipinski definition) is 4. The first-order chi connectivity index (χ1) is 10.9. The highest BCUT2D eigenvalue weighted by atomic mass is 32.2. The lowest BCUT2D eigenvalue weighted by Crippen LogP contribution is -2.44. The summed E-state index contributed by atoms with van der Waals surface area (Å²) in [4.78, 5) is 18.8. The molecule has 1 fully saturated rings. The fourth-order valence-corrected chi connectivity index (χ4v) is 2.78. The van der Waals surface area contributed by atoms with Gasteiger partial charge in [0.05, 0.1) is 6.04 Å². The number of nitrogens with one attached hydrogen (secondary N) is 2. The molecular formula is C16H32N4O2S. The number of ether oxygens (including phenoxy) is 1. The molecule has 0 aromatic rings. The molecule has 0 aromatic carbocycles. The standard InChI is InChI=1S/C16H32N4O2S/c1-6-17-14(18-9-7-11-23-5)20-10-8-13(12-20)19-15(21)22-16(2,3)4/h13H,6-12H2,1-5H3,(H,17,18)(H,19,21). The number of guanidine groups is 1. The predicted molar refractivity (Wildman–Crippen MR) is 98.3 cm³/mol. The summed E-state index contributed by atoms with van der Waals surface area (Å²) < 4.78 is 5.32. The number of hydrogen-bond donors (Lipinski definition) is 2. The van der Waals surface area contributed by atoms with Crippen molar-refractivity contribution >= 4 is 23.8 Å².